The van der Waals surface area contributed by atoms with Crippen molar-refractivity contribution in [1.29, 1.82) is 0 Å². The highest BCUT2D eigenvalue weighted by atomic mass is 19.1. The molecule has 7 nitrogen and oxygen atoms in total. The zero-order chi connectivity index (χ0) is 20.8. The van der Waals surface area contributed by atoms with Crippen LogP contribution in [0.15, 0.2) is 71.9 Å². The molecular formula is C22H19FN4O3. The van der Waals surface area contributed by atoms with Crippen molar-refractivity contribution in [2.24, 2.45) is 4.99 Å². The lowest BCUT2D eigenvalue weighted by Gasteiger charge is -2.19. The molecule has 0 atom stereocenters. The molecular weight excluding hydrogens is 387 g/mol. The van der Waals surface area contributed by atoms with Crippen LogP contribution in [0.2, 0.25) is 0 Å². The number of carbonyl (C=O) groups is 1. The van der Waals surface area contributed by atoms with Gasteiger partial charge >= 0.3 is 0 Å². The number of nitrogens with zero attached hydrogens (tertiary/aromatic N) is 2. The molecule has 1 amide bonds. The van der Waals surface area contributed by atoms with Crippen molar-refractivity contribution >= 4 is 17.6 Å². The van der Waals surface area contributed by atoms with E-state index in [1.807, 2.05) is 18.2 Å². The molecule has 0 spiro atoms. The molecule has 2 N–H and O–H groups in total. The number of pyridine rings is 1. The number of nitrogens with one attached hydrogen (secondary N) is 2. The predicted octanol–water partition coefficient (Wildman–Crippen LogP) is 3.39. The molecule has 0 fully saturated rings. The Kier molecular flexibility index (Phi) is 5.84. The summed E-state index contributed by atoms with van der Waals surface area (Å²) in [4.78, 5) is 21.2. The SMILES string of the molecule is O=C(NC(=NCc1ccccn1)Nc1ccc2c(c1)OCCO2)c1cccc(F)c1. The Morgan fingerprint density at radius 1 is 1.03 bits per heavy atom. The largest absolute Gasteiger partial charge is 0.486 e. The first kappa shape index (κ1) is 19.4. The van der Waals surface area contributed by atoms with Crippen molar-refractivity contribution in [3.63, 3.8) is 0 Å². The van der Waals surface area contributed by atoms with Crippen molar-refractivity contribution < 1.29 is 18.7 Å². The van der Waals surface area contributed by atoms with Crippen molar-refractivity contribution in [2.45, 2.75) is 6.54 Å². The Morgan fingerprint density at radius 3 is 2.70 bits per heavy atom. The number of carbonyl (C=O) groups excluding carboxylic acids is 1. The van der Waals surface area contributed by atoms with E-state index < -0.39 is 11.7 Å². The van der Waals surface area contributed by atoms with Crippen LogP contribution in [0.1, 0.15) is 16.1 Å². The summed E-state index contributed by atoms with van der Waals surface area (Å²) in [6, 6.07) is 16.3. The third kappa shape index (κ3) is 4.91. The molecule has 0 saturated carbocycles. The number of guanidine groups is 1. The predicted molar refractivity (Wildman–Crippen MR) is 110 cm³/mol. The van der Waals surface area contributed by atoms with E-state index in [4.69, 9.17) is 9.47 Å². The monoisotopic (exact) mass is 406 g/mol. The molecule has 0 aliphatic carbocycles. The van der Waals surface area contributed by atoms with E-state index >= 15 is 0 Å². The molecule has 3 aromatic rings. The zero-order valence-corrected chi connectivity index (χ0v) is 16.0. The lowest BCUT2D eigenvalue weighted by atomic mass is 10.2. The molecule has 0 unspecified atom stereocenters. The summed E-state index contributed by atoms with van der Waals surface area (Å²) in [5.74, 6) is 0.481. The molecule has 8 heteroatoms. The molecule has 0 radical (unpaired) electrons. The van der Waals surface area contributed by atoms with E-state index in [2.05, 4.69) is 20.6 Å². The number of halogens is 1. The van der Waals surface area contributed by atoms with E-state index in [9.17, 15) is 9.18 Å². The number of amides is 1. The Bertz CT molecular complexity index is 1070. The van der Waals surface area contributed by atoms with Crippen LogP contribution in [0.5, 0.6) is 11.5 Å². The van der Waals surface area contributed by atoms with Gasteiger partial charge in [0.15, 0.2) is 11.5 Å². The van der Waals surface area contributed by atoms with Gasteiger partial charge in [0, 0.05) is 23.5 Å². The molecule has 1 aliphatic rings. The standard InChI is InChI=1S/C22H19FN4O3/c23-16-5-3-4-15(12-16)21(28)27-22(25-14-18-6-1-2-9-24-18)26-17-7-8-19-20(13-17)30-11-10-29-19/h1-9,12-13H,10-11,14H2,(H2,25,26,27,28). The van der Waals surface area contributed by atoms with Gasteiger partial charge in [-0.25, -0.2) is 9.38 Å². The summed E-state index contributed by atoms with van der Waals surface area (Å²) < 4.78 is 24.6. The fraction of sp³-hybridized carbons (Fsp3) is 0.136. The van der Waals surface area contributed by atoms with Crippen molar-refractivity contribution in [1.82, 2.24) is 10.3 Å². The van der Waals surface area contributed by atoms with Gasteiger partial charge in [-0.2, -0.15) is 0 Å². The van der Waals surface area contributed by atoms with Crippen LogP contribution in [0.3, 0.4) is 0 Å². The van der Waals surface area contributed by atoms with Gasteiger partial charge in [-0.05, 0) is 42.5 Å². The van der Waals surface area contributed by atoms with Crippen LogP contribution in [-0.2, 0) is 6.54 Å². The van der Waals surface area contributed by atoms with Gasteiger partial charge in [0.1, 0.15) is 19.0 Å². The first-order valence-electron chi connectivity index (χ1n) is 9.35. The number of ether oxygens (including phenoxy) is 2. The number of benzene rings is 2. The summed E-state index contributed by atoms with van der Waals surface area (Å²) in [5, 5.41) is 5.77. The van der Waals surface area contributed by atoms with Gasteiger partial charge in [-0.3, -0.25) is 15.1 Å². The summed E-state index contributed by atoms with van der Waals surface area (Å²) in [6.07, 6.45) is 1.67. The summed E-state index contributed by atoms with van der Waals surface area (Å²) in [5.41, 5.74) is 1.57. The first-order chi connectivity index (χ1) is 14.7. The number of hydrogen-bond acceptors (Lipinski definition) is 5. The van der Waals surface area contributed by atoms with Crippen LogP contribution in [0, 0.1) is 5.82 Å². The van der Waals surface area contributed by atoms with Gasteiger partial charge in [0.05, 0.1) is 12.2 Å². The summed E-state index contributed by atoms with van der Waals surface area (Å²) in [7, 11) is 0. The second kappa shape index (κ2) is 9.04. The highest BCUT2D eigenvalue weighted by Crippen LogP contribution is 2.32. The minimum atomic E-state index is -0.491. The lowest BCUT2D eigenvalue weighted by Crippen LogP contribution is -2.36. The van der Waals surface area contributed by atoms with Gasteiger partial charge in [-0.15, -0.1) is 0 Å². The van der Waals surface area contributed by atoms with Crippen LogP contribution in [0.4, 0.5) is 10.1 Å². The van der Waals surface area contributed by atoms with Gasteiger partial charge in [-0.1, -0.05) is 12.1 Å². The normalized spacial score (nSPS) is 12.9. The van der Waals surface area contributed by atoms with Gasteiger partial charge in [0.2, 0.25) is 5.96 Å². The molecule has 4 rings (SSSR count). The van der Waals surface area contributed by atoms with E-state index in [0.717, 1.165) is 11.8 Å². The average molecular weight is 406 g/mol. The van der Waals surface area contributed by atoms with Crippen LogP contribution < -0.4 is 20.1 Å². The van der Waals surface area contributed by atoms with E-state index in [1.54, 1.807) is 24.4 Å². The molecule has 152 valence electrons. The molecule has 0 saturated heterocycles. The number of fused-ring (bicyclic) bond motifs is 1. The molecule has 1 aromatic heterocycles. The highest BCUT2D eigenvalue weighted by molar-refractivity contribution is 6.10. The number of hydrogen-bond donors (Lipinski definition) is 2. The fourth-order valence-corrected chi connectivity index (χ4v) is 2.83. The maximum atomic E-state index is 13.5. The molecule has 2 aromatic carbocycles. The third-order valence-corrected chi connectivity index (χ3v) is 4.25. The summed E-state index contributed by atoms with van der Waals surface area (Å²) >= 11 is 0. The Labute approximate surface area is 172 Å². The molecule has 0 bridgehead atoms. The minimum absolute atomic E-state index is 0.185. The van der Waals surface area contributed by atoms with Crippen LogP contribution >= 0.6 is 0 Å². The van der Waals surface area contributed by atoms with E-state index in [-0.39, 0.29) is 18.1 Å². The second-order valence-corrected chi connectivity index (χ2v) is 6.43. The van der Waals surface area contributed by atoms with Gasteiger partial charge in [0.25, 0.3) is 5.91 Å². The van der Waals surface area contributed by atoms with Crippen molar-refractivity contribution in [2.75, 3.05) is 18.5 Å². The molecule has 30 heavy (non-hydrogen) atoms. The molecule has 2 heterocycles. The van der Waals surface area contributed by atoms with Crippen molar-refractivity contribution in [3.8, 4) is 11.5 Å². The minimum Gasteiger partial charge on any atom is -0.486 e. The number of anilines is 1. The Hall–Kier alpha value is -3.94. The number of aromatic nitrogens is 1. The second-order valence-electron chi connectivity index (χ2n) is 6.43. The third-order valence-electron chi connectivity index (χ3n) is 4.25. The maximum Gasteiger partial charge on any atom is 0.258 e. The lowest BCUT2D eigenvalue weighted by molar-refractivity contribution is 0.0976. The van der Waals surface area contributed by atoms with Gasteiger partial charge < -0.3 is 14.8 Å². The Balaban J connectivity index is 1.55. The summed E-state index contributed by atoms with van der Waals surface area (Å²) in [6.45, 7) is 1.21. The highest BCUT2D eigenvalue weighted by Gasteiger charge is 2.14. The molecule has 1 aliphatic heterocycles. The van der Waals surface area contributed by atoms with E-state index in [0.29, 0.717) is 30.4 Å². The zero-order valence-electron chi connectivity index (χ0n) is 16.0. The quantitative estimate of drug-likeness (QED) is 0.513. The topological polar surface area (TPSA) is 84.8 Å². The Morgan fingerprint density at radius 2 is 1.90 bits per heavy atom. The van der Waals surface area contributed by atoms with Crippen molar-refractivity contribution in [3.05, 3.63) is 83.9 Å². The average Bonchev–Trinajstić information content (AvgIpc) is 2.78. The van der Waals surface area contributed by atoms with E-state index in [1.165, 1.54) is 18.2 Å². The maximum absolute atomic E-state index is 13.5. The van der Waals surface area contributed by atoms with Crippen LogP contribution in [-0.4, -0.2) is 30.1 Å². The smallest absolute Gasteiger partial charge is 0.258 e. The van der Waals surface area contributed by atoms with Crippen LogP contribution in [0.25, 0.3) is 0 Å². The number of rotatable bonds is 4. The number of aliphatic imine (C=N–C) groups is 1. The fourth-order valence-electron chi connectivity index (χ4n) is 2.83. The first-order valence-corrected chi connectivity index (χ1v) is 9.35.